The van der Waals surface area contributed by atoms with Crippen LogP contribution in [0.3, 0.4) is 0 Å². The highest BCUT2D eigenvalue weighted by Crippen LogP contribution is 2.13. The Kier molecular flexibility index (Phi) is 8.36. The molecule has 0 aliphatic heterocycles. The molecule has 1 aromatic carbocycles. The van der Waals surface area contributed by atoms with E-state index in [0.29, 0.717) is 11.8 Å². The number of phenols is 1. The summed E-state index contributed by atoms with van der Waals surface area (Å²) < 4.78 is 0. The first-order valence-electron chi connectivity index (χ1n) is 8.17. The molecule has 20 heavy (non-hydrogen) atoms. The molecule has 0 aromatic heterocycles. The van der Waals surface area contributed by atoms with Crippen LogP contribution in [0.4, 0.5) is 0 Å². The predicted molar refractivity (Wildman–Crippen MR) is 87.2 cm³/mol. The van der Waals surface area contributed by atoms with E-state index in [1.54, 1.807) is 12.1 Å². The van der Waals surface area contributed by atoms with Crippen molar-refractivity contribution in [3.8, 4) is 5.75 Å². The smallest absolute Gasteiger partial charge is 0.115 e. The molecule has 0 radical (unpaired) electrons. The topological polar surface area (TPSA) is 32.3 Å². The Morgan fingerprint density at radius 3 is 2.40 bits per heavy atom. The van der Waals surface area contributed by atoms with Gasteiger partial charge in [0.05, 0.1) is 0 Å². The second kappa shape index (κ2) is 9.82. The predicted octanol–water partition coefficient (Wildman–Crippen LogP) is 4.52. The summed E-state index contributed by atoms with van der Waals surface area (Å²) >= 11 is 0. The van der Waals surface area contributed by atoms with Gasteiger partial charge in [0.15, 0.2) is 0 Å². The van der Waals surface area contributed by atoms with Gasteiger partial charge in [0.1, 0.15) is 5.75 Å². The van der Waals surface area contributed by atoms with E-state index in [2.05, 4.69) is 26.1 Å². The van der Waals surface area contributed by atoms with E-state index in [1.165, 1.54) is 31.2 Å². The van der Waals surface area contributed by atoms with E-state index in [1.807, 2.05) is 12.1 Å². The molecule has 0 fully saturated rings. The van der Waals surface area contributed by atoms with Crippen LogP contribution in [0.5, 0.6) is 5.75 Å². The van der Waals surface area contributed by atoms with Gasteiger partial charge in [-0.25, -0.2) is 0 Å². The second-order valence-corrected chi connectivity index (χ2v) is 5.93. The summed E-state index contributed by atoms with van der Waals surface area (Å²) in [5, 5.41) is 12.9. The molecule has 0 heterocycles. The minimum absolute atomic E-state index is 0.349. The summed E-state index contributed by atoms with van der Waals surface area (Å²) in [5.74, 6) is 1.17. The monoisotopic (exact) mass is 277 g/mol. The third-order valence-electron chi connectivity index (χ3n) is 4.10. The summed E-state index contributed by atoms with van der Waals surface area (Å²) in [4.78, 5) is 0. The lowest BCUT2D eigenvalue weighted by Gasteiger charge is -2.19. The van der Waals surface area contributed by atoms with Crippen LogP contribution < -0.4 is 5.32 Å². The highest BCUT2D eigenvalue weighted by Gasteiger charge is 2.08. The van der Waals surface area contributed by atoms with Crippen molar-refractivity contribution in [1.29, 1.82) is 0 Å². The van der Waals surface area contributed by atoms with Crippen molar-refractivity contribution >= 4 is 0 Å². The third-order valence-corrected chi connectivity index (χ3v) is 4.10. The minimum Gasteiger partial charge on any atom is -0.508 e. The SMILES string of the molecule is CCCCC(CC)CNC(C)CCc1ccc(O)cc1. The van der Waals surface area contributed by atoms with Crippen molar-refractivity contribution in [1.82, 2.24) is 5.32 Å². The van der Waals surface area contributed by atoms with Crippen LogP contribution in [0.1, 0.15) is 58.4 Å². The molecule has 0 spiro atoms. The van der Waals surface area contributed by atoms with Crippen LogP contribution in [-0.2, 0) is 6.42 Å². The lowest BCUT2D eigenvalue weighted by molar-refractivity contribution is 0.388. The number of aryl methyl sites for hydroxylation is 1. The normalized spacial score (nSPS) is 14.2. The molecule has 1 rings (SSSR count). The lowest BCUT2D eigenvalue weighted by atomic mass is 9.98. The zero-order valence-electron chi connectivity index (χ0n) is 13.4. The van der Waals surface area contributed by atoms with Crippen molar-refractivity contribution in [2.24, 2.45) is 5.92 Å². The first kappa shape index (κ1) is 17.0. The second-order valence-electron chi connectivity index (χ2n) is 5.93. The molecule has 0 saturated heterocycles. The molecule has 2 nitrogen and oxygen atoms in total. The number of phenolic OH excluding ortho intramolecular Hbond substituents is 1. The van der Waals surface area contributed by atoms with E-state index in [-0.39, 0.29) is 0 Å². The third kappa shape index (κ3) is 6.95. The maximum Gasteiger partial charge on any atom is 0.115 e. The van der Waals surface area contributed by atoms with Gasteiger partial charge in [-0.2, -0.15) is 0 Å². The Balaban J connectivity index is 2.22. The van der Waals surface area contributed by atoms with Crippen molar-refractivity contribution in [2.45, 2.75) is 65.3 Å². The van der Waals surface area contributed by atoms with E-state index in [0.717, 1.165) is 25.3 Å². The molecule has 2 N–H and O–H groups in total. The minimum atomic E-state index is 0.349. The maximum absolute atomic E-state index is 9.27. The summed E-state index contributed by atoms with van der Waals surface area (Å²) in [6.07, 6.45) is 7.49. The van der Waals surface area contributed by atoms with Gasteiger partial charge in [0.25, 0.3) is 0 Å². The molecule has 114 valence electrons. The number of rotatable bonds is 10. The first-order chi connectivity index (χ1) is 9.65. The molecule has 0 aliphatic rings. The Bertz CT molecular complexity index is 347. The maximum atomic E-state index is 9.27. The van der Waals surface area contributed by atoms with Gasteiger partial charge in [-0.1, -0.05) is 45.2 Å². The van der Waals surface area contributed by atoms with Crippen molar-refractivity contribution in [2.75, 3.05) is 6.54 Å². The van der Waals surface area contributed by atoms with E-state index < -0.39 is 0 Å². The largest absolute Gasteiger partial charge is 0.508 e. The highest BCUT2D eigenvalue weighted by atomic mass is 16.3. The van der Waals surface area contributed by atoms with Crippen molar-refractivity contribution in [3.63, 3.8) is 0 Å². The van der Waals surface area contributed by atoms with Crippen LogP contribution in [0.2, 0.25) is 0 Å². The summed E-state index contributed by atoms with van der Waals surface area (Å²) in [6, 6.07) is 8.12. The zero-order valence-corrected chi connectivity index (χ0v) is 13.4. The van der Waals surface area contributed by atoms with Gasteiger partial charge in [0.2, 0.25) is 0 Å². The zero-order chi connectivity index (χ0) is 14.8. The summed E-state index contributed by atoms with van der Waals surface area (Å²) in [6.45, 7) is 7.98. The molecular weight excluding hydrogens is 246 g/mol. The molecule has 2 unspecified atom stereocenters. The first-order valence-corrected chi connectivity index (χ1v) is 8.17. The molecule has 2 atom stereocenters. The Morgan fingerprint density at radius 1 is 1.10 bits per heavy atom. The molecule has 0 bridgehead atoms. The molecule has 2 heteroatoms. The molecule has 0 saturated carbocycles. The van der Waals surface area contributed by atoms with Gasteiger partial charge in [-0.05, 0) is 56.3 Å². The van der Waals surface area contributed by atoms with Crippen molar-refractivity contribution in [3.05, 3.63) is 29.8 Å². The van der Waals surface area contributed by atoms with Gasteiger partial charge in [-0.15, -0.1) is 0 Å². The fourth-order valence-electron chi connectivity index (χ4n) is 2.46. The van der Waals surface area contributed by atoms with Crippen LogP contribution in [0, 0.1) is 5.92 Å². The van der Waals surface area contributed by atoms with Gasteiger partial charge in [-0.3, -0.25) is 0 Å². The fraction of sp³-hybridized carbons (Fsp3) is 0.667. The summed E-state index contributed by atoms with van der Waals surface area (Å²) in [5.41, 5.74) is 1.30. The lowest BCUT2D eigenvalue weighted by Crippen LogP contribution is -2.31. The standard InChI is InChI=1S/C18H31NO/c1-4-6-7-16(5-2)14-19-15(3)8-9-17-10-12-18(20)13-11-17/h10-13,15-16,19-20H,4-9,14H2,1-3H3. The molecule has 0 aliphatic carbocycles. The number of unbranched alkanes of at least 4 members (excludes halogenated alkanes) is 1. The van der Waals surface area contributed by atoms with Gasteiger partial charge in [0, 0.05) is 6.04 Å². The van der Waals surface area contributed by atoms with Gasteiger partial charge < -0.3 is 10.4 Å². The average molecular weight is 277 g/mol. The van der Waals surface area contributed by atoms with E-state index >= 15 is 0 Å². The summed E-state index contributed by atoms with van der Waals surface area (Å²) in [7, 11) is 0. The Labute approximate surface area is 124 Å². The van der Waals surface area contributed by atoms with Crippen molar-refractivity contribution < 1.29 is 5.11 Å². The number of benzene rings is 1. The molecule has 1 aromatic rings. The number of hydrogen-bond donors (Lipinski definition) is 2. The number of nitrogens with one attached hydrogen (secondary N) is 1. The Hall–Kier alpha value is -1.02. The van der Waals surface area contributed by atoms with Crippen LogP contribution in [0.15, 0.2) is 24.3 Å². The number of aromatic hydroxyl groups is 1. The quantitative estimate of drug-likeness (QED) is 0.659. The average Bonchev–Trinajstić information content (AvgIpc) is 2.47. The van der Waals surface area contributed by atoms with Crippen LogP contribution in [0.25, 0.3) is 0 Å². The van der Waals surface area contributed by atoms with Crippen LogP contribution >= 0.6 is 0 Å². The number of hydrogen-bond acceptors (Lipinski definition) is 2. The highest BCUT2D eigenvalue weighted by molar-refractivity contribution is 5.25. The Morgan fingerprint density at radius 2 is 1.80 bits per heavy atom. The molecular formula is C18H31NO. The van der Waals surface area contributed by atoms with E-state index in [9.17, 15) is 5.11 Å². The fourth-order valence-corrected chi connectivity index (χ4v) is 2.46. The van der Waals surface area contributed by atoms with Crippen LogP contribution in [-0.4, -0.2) is 17.7 Å². The van der Waals surface area contributed by atoms with Gasteiger partial charge >= 0.3 is 0 Å². The van der Waals surface area contributed by atoms with E-state index in [4.69, 9.17) is 0 Å². The molecule has 0 amide bonds.